The molecule has 0 aliphatic carbocycles. The van der Waals surface area contributed by atoms with E-state index in [0.29, 0.717) is 0 Å². The molecule has 0 saturated carbocycles. The number of aliphatic carboxylic acids is 1. The molecule has 1 atom stereocenters. The summed E-state index contributed by atoms with van der Waals surface area (Å²) in [5.74, 6) is -2.34. The smallest absolute Gasteiger partial charge is 0.304 e. The maximum Gasteiger partial charge on any atom is 0.304 e. The summed E-state index contributed by atoms with van der Waals surface area (Å²) in [4.78, 5) is 21.1. The zero-order valence-corrected chi connectivity index (χ0v) is 8.80. The lowest BCUT2D eigenvalue weighted by Crippen LogP contribution is -2.37. The van der Waals surface area contributed by atoms with Gasteiger partial charge in [-0.2, -0.15) is 0 Å². The topological polar surface area (TPSA) is 101 Å². The monoisotopic (exact) mass is 223 g/mol. The zero-order valence-electron chi connectivity index (χ0n) is 7.98. The molecule has 0 rings (SSSR count). The quantitative estimate of drug-likeness (QED) is 0.623. The Bertz CT molecular complexity index is 321. The Kier molecular flexibility index (Phi) is 4.55. The van der Waals surface area contributed by atoms with E-state index in [1.165, 1.54) is 14.0 Å². The molecule has 0 aromatic heterocycles. The van der Waals surface area contributed by atoms with Crippen LogP contribution in [0.15, 0.2) is 0 Å². The molecule has 0 radical (unpaired) electrons. The van der Waals surface area contributed by atoms with E-state index in [1.807, 2.05) is 0 Å². The van der Waals surface area contributed by atoms with Gasteiger partial charge in [0.05, 0.1) is 12.2 Å². The minimum absolute atomic E-state index is 0.482. The van der Waals surface area contributed by atoms with Crippen molar-refractivity contribution in [2.45, 2.75) is 18.6 Å². The minimum atomic E-state index is -3.66. The molecule has 1 amide bonds. The highest BCUT2D eigenvalue weighted by Crippen LogP contribution is 2.03. The van der Waals surface area contributed by atoms with Crippen LogP contribution in [0, 0.1) is 0 Å². The van der Waals surface area contributed by atoms with Crippen molar-refractivity contribution in [1.82, 2.24) is 5.32 Å². The molecule has 0 aliphatic rings. The molecule has 2 N–H and O–H groups in total. The van der Waals surface area contributed by atoms with Gasteiger partial charge in [-0.25, -0.2) is 8.42 Å². The maximum absolute atomic E-state index is 11.3. The molecule has 14 heavy (non-hydrogen) atoms. The van der Waals surface area contributed by atoms with E-state index in [-0.39, 0.29) is 0 Å². The molecular formula is C7H13NO5S. The van der Waals surface area contributed by atoms with E-state index in [0.717, 1.165) is 0 Å². The summed E-state index contributed by atoms with van der Waals surface area (Å²) >= 11 is 0. The molecule has 0 aromatic carbocycles. The van der Waals surface area contributed by atoms with Crippen LogP contribution >= 0.6 is 0 Å². The Hall–Kier alpha value is -1.11. The van der Waals surface area contributed by atoms with Gasteiger partial charge in [0.1, 0.15) is 5.25 Å². The van der Waals surface area contributed by atoms with E-state index in [2.05, 4.69) is 5.32 Å². The van der Waals surface area contributed by atoms with Gasteiger partial charge in [0.15, 0.2) is 9.84 Å². The van der Waals surface area contributed by atoms with Gasteiger partial charge in [-0.05, 0) is 6.92 Å². The van der Waals surface area contributed by atoms with E-state index in [9.17, 15) is 18.0 Å². The van der Waals surface area contributed by atoms with Gasteiger partial charge >= 0.3 is 5.97 Å². The van der Waals surface area contributed by atoms with Crippen molar-refractivity contribution < 1.29 is 23.1 Å². The SMILES string of the molecule is CNC(=O)C(C)S(=O)(=O)CCC(=O)O. The second-order valence-corrected chi connectivity index (χ2v) is 5.21. The maximum atomic E-state index is 11.3. The molecular weight excluding hydrogens is 210 g/mol. The van der Waals surface area contributed by atoms with Crippen LogP contribution in [0.3, 0.4) is 0 Å². The fourth-order valence-electron chi connectivity index (χ4n) is 0.773. The van der Waals surface area contributed by atoms with Gasteiger partial charge in [-0.3, -0.25) is 9.59 Å². The van der Waals surface area contributed by atoms with E-state index in [1.54, 1.807) is 0 Å². The summed E-state index contributed by atoms with van der Waals surface area (Å²) in [6, 6.07) is 0. The van der Waals surface area contributed by atoms with Crippen molar-refractivity contribution in [1.29, 1.82) is 0 Å². The zero-order chi connectivity index (χ0) is 11.4. The fraction of sp³-hybridized carbons (Fsp3) is 0.714. The third-order valence-corrected chi connectivity index (χ3v) is 3.82. The number of hydrogen-bond donors (Lipinski definition) is 2. The van der Waals surface area contributed by atoms with Gasteiger partial charge in [0, 0.05) is 7.05 Å². The molecule has 0 aliphatic heterocycles. The highest BCUT2D eigenvalue weighted by molar-refractivity contribution is 7.92. The summed E-state index contributed by atoms with van der Waals surface area (Å²) in [7, 11) is -2.33. The normalized spacial score (nSPS) is 13.3. The summed E-state index contributed by atoms with van der Waals surface area (Å²) in [5.41, 5.74) is 0. The van der Waals surface area contributed by atoms with Gasteiger partial charge in [0.2, 0.25) is 5.91 Å². The average Bonchev–Trinajstić information content (AvgIpc) is 2.12. The van der Waals surface area contributed by atoms with Crippen molar-refractivity contribution in [3.8, 4) is 0 Å². The first-order valence-electron chi connectivity index (χ1n) is 3.96. The first-order valence-corrected chi connectivity index (χ1v) is 5.67. The molecule has 0 aromatic rings. The fourth-order valence-corrected chi connectivity index (χ4v) is 2.03. The first kappa shape index (κ1) is 12.9. The Morgan fingerprint density at radius 1 is 1.43 bits per heavy atom. The Morgan fingerprint density at radius 2 is 1.93 bits per heavy atom. The van der Waals surface area contributed by atoms with E-state index < -0.39 is 39.1 Å². The molecule has 0 fully saturated rings. The van der Waals surface area contributed by atoms with Gasteiger partial charge < -0.3 is 10.4 Å². The number of amides is 1. The van der Waals surface area contributed by atoms with Crippen LogP contribution in [0.2, 0.25) is 0 Å². The number of rotatable bonds is 5. The number of sulfone groups is 1. The molecule has 0 bridgehead atoms. The third-order valence-electron chi connectivity index (χ3n) is 1.75. The average molecular weight is 223 g/mol. The summed E-state index contributed by atoms with van der Waals surface area (Å²) in [6.45, 7) is 1.23. The Morgan fingerprint density at radius 3 is 2.29 bits per heavy atom. The lowest BCUT2D eigenvalue weighted by molar-refractivity contribution is -0.136. The summed E-state index contributed by atoms with van der Waals surface area (Å²) in [6.07, 6.45) is -0.482. The molecule has 1 unspecified atom stereocenters. The molecule has 7 heteroatoms. The summed E-state index contributed by atoms with van der Waals surface area (Å²) in [5, 5.41) is 9.28. The standard InChI is InChI=1S/C7H13NO5S/c1-5(7(11)8-2)14(12,13)4-3-6(9)10/h5H,3-4H2,1-2H3,(H,8,11)(H,9,10). The predicted octanol–water partition coefficient (Wildman–Crippen LogP) is -0.990. The van der Waals surface area contributed by atoms with Crippen LogP contribution in [0.1, 0.15) is 13.3 Å². The number of carbonyl (C=O) groups excluding carboxylic acids is 1. The molecule has 6 nitrogen and oxygen atoms in total. The lowest BCUT2D eigenvalue weighted by Gasteiger charge is -2.09. The van der Waals surface area contributed by atoms with Gasteiger partial charge in [0.25, 0.3) is 0 Å². The molecule has 82 valence electrons. The van der Waals surface area contributed by atoms with Crippen LogP contribution in [0.25, 0.3) is 0 Å². The van der Waals surface area contributed by atoms with Gasteiger partial charge in [-0.1, -0.05) is 0 Å². The first-order chi connectivity index (χ1) is 6.31. The van der Waals surface area contributed by atoms with Crippen LogP contribution < -0.4 is 5.32 Å². The van der Waals surface area contributed by atoms with Crippen LogP contribution in [-0.2, 0) is 19.4 Å². The molecule has 0 heterocycles. The number of hydrogen-bond acceptors (Lipinski definition) is 4. The van der Waals surface area contributed by atoms with E-state index in [4.69, 9.17) is 5.11 Å². The van der Waals surface area contributed by atoms with E-state index >= 15 is 0 Å². The van der Waals surface area contributed by atoms with Crippen molar-refractivity contribution in [3.63, 3.8) is 0 Å². The lowest BCUT2D eigenvalue weighted by atomic mass is 10.4. The Balaban J connectivity index is 4.47. The van der Waals surface area contributed by atoms with Crippen molar-refractivity contribution >= 4 is 21.7 Å². The summed E-state index contributed by atoms with van der Waals surface area (Å²) < 4.78 is 22.6. The largest absolute Gasteiger partial charge is 0.481 e. The second kappa shape index (κ2) is 4.94. The number of carboxylic acids is 1. The number of carboxylic acid groups (broad SMARTS) is 1. The van der Waals surface area contributed by atoms with Crippen molar-refractivity contribution in [2.24, 2.45) is 0 Å². The van der Waals surface area contributed by atoms with Gasteiger partial charge in [-0.15, -0.1) is 0 Å². The Labute approximate surface area is 82.2 Å². The molecule has 0 spiro atoms. The second-order valence-electron chi connectivity index (χ2n) is 2.77. The third kappa shape index (κ3) is 3.73. The number of carbonyl (C=O) groups is 2. The predicted molar refractivity (Wildman–Crippen MR) is 49.6 cm³/mol. The number of nitrogens with one attached hydrogen (secondary N) is 1. The van der Waals surface area contributed by atoms with Crippen molar-refractivity contribution in [3.05, 3.63) is 0 Å². The van der Waals surface area contributed by atoms with Crippen LogP contribution in [0.5, 0.6) is 0 Å². The minimum Gasteiger partial charge on any atom is -0.481 e. The molecule has 0 saturated heterocycles. The van der Waals surface area contributed by atoms with Crippen molar-refractivity contribution in [2.75, 3.05) is 12.8 Å². The highest BCUT2D eigenvalue weighted by Gasteiger charge is 2.27. The highest BCUT2D eigenvalue weighted by atomic mass is 32.2. The van der Waals surface area contributed by atoms with Crippen LogP contribution in [0.4, 0.5) is 0 Å². The van der Waals surface area contributed by atoms with Crippen LogP contribution in [-0.4, -0.2) is 43.5 Å².